The lowest BCUT2D eigenvalue weighted by Gasteiger charge is -2.15. The number of hydrogen-bond donors (Lipinski definition) is 2. The lowest BCUT2D eigenvalue weighted by molar-refractivity contribution is -0.138. The van der Waals surface area contributed by atoms with Gasteiger partial charge < -0.3 is 15.2 Å². The Hall–Kier alpha value is -2.89. The minimum atomic E-state index is -0.999. The van der Waals surface area contributed by atoms with Crippen molar-refractivity contribution >= 4 is 11.9 Å². The smallest absolute Gasteiger partial charge is 0.312 e. The van der Waals surface area contributed by atoms with Crippen LogP contribution in [0, 0.1) is 0 Å². The van der Waals surface area contributed by atoms with Gasteiger partial charge in [-0.05, 0) is 31.5 Å². The van der Waals surface area contributed by atoms with Gasteiger partial charge in [-0.25, -0.2) is 4.98 Å². The Bertz CT molecular complexity index is 701. The van der Waals surface area contributed by atoms with Crippen LogP contribution in [0.4, 0.5) is 0 Å². The van der Waals surface area contributed by atoms with Gasteiger partial charge in [-0.1, -0.05) is 30.3 Å². The molecule has 0 saturated carbocycles. The molecule has 6 nitrogen and oxygen atoms in total. The van der Waals surface area contributed by atoms with E-state index in [1.54, 1.807) is 36.4 Å². The van der Waals surface area contributed by atoms with E-state index in [4.69, 9.17) is 4.74 Å². The van der Waals surface area contributed by atoms with E-state index in [1.807, 2.05) is 19.9 Å². The average Bonchev–Trinajstić information content (AvgIpc) is 2.55. The summed E-state index contributed by atoms with van der Waals surface area (Å²) in [5.74, 6) is -1.92. The fourth-order valence-corrected chi connectivity index (χ4v) is 2.22. The van der Waals surface area contributed by atoms with Crippen molar-refractivity contribution in [3.8, 4) is 5.75 Å². The number of carboxylic acid groups (broad SMARTS) is 1. The number of aromatic nitrogens is 1. The van der Waals surface area contributed by atoms with Crippen molar-refractivity contribution in [2.45, 2.75) is 25.9 Å². The van der Waals surface area contributed by atoms with Crippen LogP contribution in [-0.4, -0.2) is 34.6 Å². The SMILES string of the molecule is CC(C)Oc1cccnc1C(=O)NCC(C(=O)O)c1ccccc1. The molecule has 1 atom stereocenters. The third-order valence-electron chi connectivity index (χ3n) is 3.32. The Balaban J connectivity index is 2.11. The van der Waals surface area contributed by atoms with Gasteiger partial charge in [0.1, 0.15) is 0 Å². The summed E-state index contributed by atoms with van der Waals surface area (Å²) in [6.45, 7) is 3.67. The zero-order valence-corrected chi connectivity index (χ0v) is 13.6. The largest absolute Gasteiger partial charge is 0.489 e. The first-order valence-corrected chi connectivity index (χ1v) is 7.66. The van der Waals surface area contributed by atoms with E-state index in [0.29, 0.717) is 11.3 Å². The number of pyridine rings is 1. The molecule has 0 bridgehead atoms. The molecule has 0 spiro atoms. The molecule has 1 heterocycles. The molecule has 0 aliphatic carbocycles. The lowest BCUT2D eigenvalue weighted by atomic mass is 9.99. The summed E-state index contributed by atoms with van der Waals surface area (Å²) in [4.78, 5) is 27.9. The number of aliphatic carboxylic acids is 1. The normalized spacial score (nSPS) is 11.8. The minimum Gasteiger partial charge on any atom is -0.489 e. The molecule has 1 amide bonds. The van der Waals surface area contributed by atoms with Crippen LogP contribution in [-0.2, 0) is 4.79 Å². The van der Waals surface area contributed by atoms with E-state index in [-0.39, 0.29) is 18.3 Å². The molecule has 6 heteroatoms. The Kier molecular flexibility index (Phi) is 5.89. The van der Waals surface area contributed by atoms with E-state index < -0.39 is 17.8 Å². The number of rotatable bonds is 7. The van der Waals surface area contributed by atoms with Gasteiger partial charge in [0, 0.05) is 12.7 Å². The van der Waals surface area contributed by atoms with Gasteiger partial charge in [0.05, 0.1) is 12.0 Å². The number of nitrogens with one attached hydrogen (secondary N) is 1. The molecule has 0 fully saturated rings. The number of nitrogens with zero attached hydrogens (tertiary/aromatic N) is 1. The zero-order valence-electron chi connectivity index (χ0n) is 13.6. The first-order chi connectivity index (χ1) is 11.5. The number of amides is 1. The van der Waals surface area contributed by atoms with E-state index in [9.17, 15) is 14.7 Å². The van der Waals surface area contributed by atoms with Crippen LogP contribution in [0.1, 0.15) is 35.8 Å². The van der Waals surface area contributed by atoms with Crippen LogP contribution >= 0.6 is 0 Å². The first-order valence-electron chi connectivity index (χ1n) is 7.66. The maximum absolute atomic E-state index is 12.4. The standard InChI is InChI=1S/C18H20N2O4/c1-12(2)24-15-9-6-10-19-16(15)17(21)20-11-14(18(22)23)13-7-4-3-5-8-13/h3-10,12,14H,11H2,1-2H3,(H,20,21)(H,22,23). The maximum atomic E-state index is 12.4. The summed E-state index contributed by atoms with van der Waals surface area (Å²) in [5.41, 5.74) is 0.772. The molecule has 126 valence electrons. The van der Waals surface area contributed by atoms with Gasteiger partial charge >= 0.3 is 5.97 Å². The van der Waals surface area contributed by atoms with Gasteiger partial charge in [-0.3, -0.25) is 9.59 Å². The second-order valence-corrected chi connectivity index (χ2v) is 5.53. The van der Waals surface area contributed by atoms with Gasteiger partial charge in [0.15, 0.2) is 11.4 Å². The summed E-state index contributed by atoms with van der Waals surface area (Å²) in [6.07, 6.45) is 1.39. The topological polar surface area (TPSA) is 88.5 Å². The minimum absolute atomic E-state index is 0.0319. The van der Waals surface area contributed by atoms with Gasteiger partial charge in [0.2, 0.25) is 0 Å². The Morgan fingerprint density at radius 1 is 1.17 bits per heavy atom. The highest BCUT2D eigenvalue weighted by Gasteiger charge is 2.22. The Morgan fingerprint density at radius 3 is 2.50 bits per heavy atom. The summed E-state index contributed by atoms with van der Waals surface area (Å²) in [6, 6.07) is 12.1. The maximum Gasteiger partial charge on any atom is 0.312 e. The fourth-order valence-electron chi connectivity index (χ4n) is 2.22. The number of carboxylic acids is 1. The van der Waals surface area contributed by atoms with Crippen molar-refractivity contribution in [1.82, 2.24) is 10.3 Å². The lowest BCUT2D eigenvalue weighted by Crippen LogP contribution is -2.32. The van der Waals surface area contributed by atoms with Crippen LogP contribution in [0.5, 0.6) is 5.75 Å². The van der Waals surface area contributed by atoms with E-state index >= 15 is 0 Å². The number of carbonyl (C=O) groups excluding carboxylic acids is 1. The van der Waals surface area contributed by atoms with Crippen LogP contribution in [0.15, 0.2) is 48.7 Å². The quantitative estimate of drug-likeness (QED) is 0.815. The van der Waals surface area contributed by atoms with Gasteiger partial charge in [-0.2, -0.15) is 0 Å². The summed E-state index contributed by atoms with van der Waals surface area (Å²) < 4.78 is 5.57. The van der Waals surface area contributed by atoms with Gasteiger partial charge in [0.25, 0.3) is 5.91 Å². The van der Waals surface area contributed by atoms with Crippen molar-refractivity contribution in [2.24, 2.45) is 0 Å². The molecule has 2 aromatic rings. The second kappa shape index (κ2) is 8.10. The molecular formula is C18H20N2O4. The predicted molar refractivity (Wildman–Crippen MR) is 89.2 cm³/mol. The van der Waals surface area contributed by atoms with E-state index in [2.05, 4.69) is 10.3 Å². The Morgan fingerprint density at radius 2 is 1.88 bits per heavy atom. The number of ether oxygens (including phenoxy) is 1. The highest BCUT2D eigenvalue weighted by Crippen LogP contribution is 2.18. The second-order valence-electron chi connectivity index (χ2n) is 5.53. The molecule has 1 aromatic heterocycles. The third kappa shape index (κ3) is 4.55. The fraction of sp³-hybridized carbons (Fsp3) is 0.278. The van der Waals surface area contributed by atoms with Crippen LogP contribution in [0.3, 0.4) is 0 Å². The summed E-state index contributed by atoms with van der Waals surface area (Å²) in [7, 11) is 0. The average molecular weight is 328 g/mol. The summed E-state index contributed by atoms with van der Waals surface area (Å²) >= 11 is 0. The van der Waals surface area contributed by atoms with E-state index in [0.717, 1.165) is 0 Å². The highest BCUT2D eigenvalue weighted by atomic mass is 16.5. The van der Waals surface area contributed by atoms with Crippen molar-refractivity contribution in [3.05, 3.63) is 59.9 Å². The molecule has 0 aliphatic heterocycles. The zero-order chi connectivity index (χ0) is 17.5. The molecule has 1 aromatic carbocycles. The monoisotopic (exact) mass is 328 g/mol. The number of carbonyl (C=O) groups is 2. The number of hydrogen-bond acceptors (Lipinski definition) is 4. The molecule has 0 saturated heterocycles. The highest BCUT2D eigenvalue weighted by molar-refractivity contribution is 5.95. The van der Waals surface area contributed by atoms with Gasteiger partial charge in [-0.15, -0.1) is 0 Å². The van der Waals surface area contributed by atoms with Crippen molar-refractivity contribution < 1.29 is 19.4 Å². The molecule has 24 heavy (non-hydrogen) atoms. The van der Waals surface area contributed by atoms with Crippen LogP contribution in [0.25, 0.3) is 0 Å². The van der Waals surface area contributed by atoms with Crippen LogP contribution in [0.2, 0.25) is 0 Å². The van der Waals surface area contributed by atoms with Crippen molar-refractivity contribution in [3.63, 3.8) is 0 Å². The molecule has 2 N–H and O–H groups in total. The number of benzene rings is 1. The first kappa shape index (κ1) is 17.5. The molecule has 1 unspecified atom stereocenters. The summed E-state index contributed by atoms with van der Waals surface area (Å²) in [5, 5.41) is 12.0. The molecule has 0 radical (unpaired) electrons. The third-order valence-corrected chi connectivity index (χ3v) is 3.32. The van der Waals surface area contributed by atoms with Crippen LogP contribution < -0.4 is 10.1 Å². The van der Waals surface area contributed by atoms with E-state index in [1.165, 1.54) is 6.20 Å². The predicted octanol–water partition coefficient (Wildman–Crippen LogP) is 2.47. The Labute approximate surface area is 140 Å². The molecular weight excluding hydrogens is 308 g/mol. The molecule has 0 aliphatic rings. The van der Waals surface area contributed by atoms with Crippen molar-refractivity contribution in [2.75, 3.05) is 6.54 Å². The van der Waals surface area contributed by atoms with Crippen molar-refractivity contribution in [1.29, 1.82) is 0 Å². The molecule has 2 rings (SSSR count).